The van der Waals surface area contributed by atoms with Crippen LogP contribution < -0.4 is 11.1 Å². The number of carboxylic acid groups (broad SMARTS) is 1. The highest BCUT2D eigenvalue weighted by Crippen LogP contribution is 1.97. The second kappa shape index (κ2) is 6.37. The van der Waals surface area contributed by atoms with Crippen molar-refractivity contribution < 1.29 is 14.7 Å². The molecular weight excluding hydrogens is 184 g/mol. The molecule has 14 heavy (non-hydrogen) atoms. The first kappa shape index (κ1) is 12.9. The number of nitrogens with one attached hydrogen (secondary N) is 1. The lowest BCUT2D eigenvalue weighted by molar-refractivity contribution is -0.139. The van der Waals surface area contributed by atoms with Crippen LogP contribution in [0, 0.1) is 5.92 Å². The Morgan fingerprint density at radius 2 is 2.07 bits per heavy atom. The molecule has 0 saturated carbocycles. The van der Waals surface area contributed by atoms with Gasteiger partial charge in [-0.15, -0.1) is 0 Å². The summed E-state index contributed by atoms with van der Waals surface area (Å²) < 4.78 is 0. The van der Waals surface area contributed by atoms with Crippen LogP contribution in [-0.2, 0) is 9.59 Å². The molecule has 4 N–H and O–H groups in total. The van der Waals surface area contributed by atoms with Crippen LogP contribution in [0.1, 0.15) is 26.7 Å². The smallest absolute Gasteiger partial charge is 0.305 e. The number of carboxylic acids is 1. The Hall–Kier alpha value is -1.10. The summed E-state index contributed by atoms with van der Waals surface area (Å²) in [6, 6.07) is -0.948. The molecule has 0 aromatic rings. The van der Waals surface area contributed by atoms with Gasteiger partial charge in [-0.1, -0.05) is 20.3 Å². The number of aliphatic carboxylic acids is 1. The van der Waals surface area contributed by atoms with Crippen molar-refractivity contribution in [2.24, 2.45) is 11.7 Å². The van der Waals surface area contributed by atoms with Gasteiger partial charge in [0.2, 0.25) is 5.91 Å². The van der Waals surface area contributed by atoms with Crippen molar-refractivity contribution >= 4 is 11.9 Å². The maximum atomic E-state index is 11.2. The number of hydrogen-bond donors (Lipinski definition) is 3. The van der Waals surface area contributed by atoms with Gasteiger partial charge in [-0.3, -0.25) is 9.59 Å². The number of hydrogen-bond acceptors (Lipinski definition) is 3. The summed E-state index contributed by atoms with van der Waals surface area (Å²) in [6.45, 7) is 4.57. The molecule has 0 saturated heterocycles. The molecule has 0 radical (unpaired) electrons. The van der Waals surface area contributed by atoms with Crippen LogP contribution in [0.4, 0.5) is 0 Å². The molecule has 2 unspecified atom stereocenters. The van der Waals surface area contributed by atoms with Crippen LogP contribution in [0.2, 0.25) is 0 Å². The van der Waals surface area contributed by atoms with Crippen molar-refractivity contribution in [1.82, 2.24) is 5.32 Å². The zero-order valence-corrected chi connectivity index (χ0v) is 8.62. The minimum Gasteiger partial charge on any atom is -0.481 e. The molecule has 5 nitrogen and oxygen atoms in total. The summed E-state index contributed by atoms with van der Waals surface area (Å²) in [4.78, 5) is 21.4. The predicted molar refractivity (Wildman–Crippen MR) is 52.7 cm³/mol. The first-order chi connectivity index (χ1) is 6.47. The highest BCUT2D eigenvalue weighted by atomic mass is 16.4. The van der Waals surface area contributed by atoms with E-state index in [1.54, 1.807) is 0 Å². The average Bonchev–Trinajstić information content (AvgIpc) is 2.12. The van der Waals surface area contributed by atoms with Crippen LogP contribution in [0.3, 0.4) is 0 Å². The van der Waals surface area contributed by atoms with E-state index in [4.69, 9.17) is 10.8 Å². The first-order valence-electron chi connectivity index (χ1n) is 4.72. The second-order valence-electron chi connectivity index (χ2n) is 3.46. The quantitative estimate of drug-likeness (QED) is 0.563. The summed E-state index contributed by atoms with van der Waals surface area (Å²) in [5, 5.41) is 11.0. The average molecular weight is 202 g/mol. The minimum atomic E-state index is -1.06. The lowest BCUT2D eigenvalue weighted by Crippen LogP contribution is -2.43. The molecule has 0 rings (SSSR count). The number of carbonyl (C=O) groups excluding carboxylic acids is 1. The van der Waals surface area contributed by atoms with Gasteiger partial charge >= 0.3 is 5.97 Å². The molecule has 0 aliphatic rings. The molecule has 0 aliphatic heterocycles. The van der Waals surface area contributed by atoms with Gasteiger partial charge in [0, 0.05) is 6.54 Å². The first-order valence-corrected chi connectivity index (χ1v) is 4.72. The fraction of sp³-hybridized carbons (Fsp3) is 0.778. The van der Waals surface area contributed by atoms with E-state index in [9.17, 15) is 9.59 Å². The van der Waals surface area contributed by atoms with Crippen molar-refractivity contribution in [3.05, 3.63) is 0 Å². The summed E-state index contributed by atoms with van der Waals surface area (Å²) >= 11 is 0. The lowest BCUT2D eigenvalue weighted by Gasteiger charge is -2.13. The SMILES string of the molecule is CCC(C)CNC(=O)C(N)CC(=O)O. The molecule has 0 aliphatic carbocycles. The molecule has 0 aromatic carbocycles. The van der Waals surface area contributed by atoms with Crippen molar-refractivity contribution in [1.29, 1.82) is 0 Å². The number of rotatable bonds is 6. The van der Waals surface area contributed by atoms with Gasteiger partial charge in [0.25, 0.3) is 0 Å². The van der Waals surface area contributed by atoms with Crippen LogP contribution in [0.15, 0.2) is 0 Å². The van der Waals surface area contributed by atoms with Crippen LogP contribution in [0.5, 0.6) is 0 Å². The molecule has 0 heterocycles. The third-order valence-electron chi connectivity index (χ3n) is 2.05. The molecule has 5 heteroatoms. The van der Waals surface area contributed by atoms with E-state index >= 15 is 0 Å². The van der Waals surface area contributed by atoms with Gasteiger partial charge in [0.05, 0.1) is 12.5 Å². The van der Waals surface area contributed by atoms with Crippen molar-refractivity contribution in [2.45, 2.75) is 32.7 Å². The van der Waals surface area contributed by atoms with Gasteiger partial charge in [0.15, 0.2) is 0 Å². The van der Waals surface area contributed by atoms with Crippen molar-refractivity contribution in [2.75, 3.05) is 6.54 Å². The second-order valence-corrected chi connectivity index (χ2v) is 3.46. The lowest BCUT2D eigenvalue weighted by atomic mass is 10.1. The third-order valence-corrected chi connectivity index (χ3v) is 2.05. The fourth-order valence-corrected chi connectivity index (χ4v) is 0.831. The van der Waals surface area contributed by atoms with Gasteiger partial charge in [-0.05, 0) is 5.92 Å². The number of amides is 1. The van der Waals surface area contributed by atoms with Gasteiger partial charge < -0.3 is 16.2 Å². The Morgan fingerprint density at radius 1 is 1.50 bits per heavy atom. The Balaban J connectivity index is 3.78. The maximum absolute atomic E-state index is 11.2. The summed E-state index contributed by atoms with van der Waals surface area (Å²) in [5.41, 5.74) is 5.35. The Morgan fingerprint density at radius 3 is 2.50 bits per heavy atom. The van der Waals surface area contributed by atoms with Crippen LogP contribution in [0.25, 0.3) is 0 Å². The highest BCUT2D eigenvalue weighted by Gasteiger charge is 2.16. The van der Waals surface area contributed by atoms with E-state index in [2.05, 4.69) is 5.32 Å². The van der Waals surface area contributed by atoms with Gasteiger partial charge in [-0.2, -0.15) is 0 Å². The molecule has 0 aromatic heterocycles. The van der Waals surface area contributed by atoms with E-state index in [-0.39, 0.29) is 6.42 Å². The monoisotopic (exact) mass is 202 g/mol. The molecule has 0 bridgehead atoms. The molecule has 1 amide bonds. The highest BCUT2D eigenvalue weighted by molar-refractivity contribution is 5.85. The van der Waals surface area contributed by atoms with Gasteiger partial charge in [-0.25, -0.2) is 0 Å². The van der Waals surface area contributed by atoms with Crippen LogP contribution >= 0.6 is 0 Å². The topological polar surface area (TPSA) is 92.4 Å². The normalized spacial score (nSPS) is 14.5. The van der Waals surface area contributed by atoms with Gasteiger partial charge in [0.1, 0.15) is 0 Å². The number of nitrogens with two attached hydrogens (primary N) is 1. The number of carbonyl (C=O) groups is 2. The summed E-state index contributed by atoms with van der Waals surface area (Å²) in [6.07, 6.45) is 0.640. The zero-order chi connectivity index (χ0) is 11.1. The minimum absolute atomic E-state index is 0.327. The standard InChI is InChI=1S/C9H18N2O3/c1-3-6(2)5-11-9(14)7(10)4-8(12)13/h6-7H,3-5,10H2,1-2H3,(H,11,14)(H,12,13). The van der Waals surface area contributed by atoms with Crippen LogP contribution in [-0.4, -0.2) is 29.6 Å². The summed E-state index contributed by atoms with van der Waals surface area (Å²) in [5.74, 6) is -1.07. The third kappa shape index (κ3) is 5.53. The van der Waals surface area contributed by atoms with E-state index in [0.717, 1.165) is 6.42 Å². The van der Waals surface area contributed by atoms with E-state index in [1.807, 2.05) is 13.8 Å². The maximum Gasteiger partial charge on any atom is 0.305 e. The molecule has 0 spiro atoms. The largest absolute Gasteiger partial charge is 0.481 e. The van der Waals surface area contributed by atoms with E-state index in [1.165, 1.54) is 0 Å². The Labute approximate surface area is 83.7 Å². The molecule has 82 valence electrons. The molecular formula is C9H18N2O3. The zero-order valence-electron chi connectivity index (χ0n) is 8.62. The van der Waals surface area contributed by atoms with E-state index < -0.39 is 17.9 Å². The fourth-order valence-electron chi connectivity index (χ4n) is 0.831. The Bertz CT molecular complexity index is 206. The van der Waals surface area contributed by atoms with Crippen molar-refractivity contribution in [3.63, 3.8) is 0 Å². The Kier molecular flexibility index (Phi) is 5.87. The van der Waals surface area contributed by atoms with Crippen molar-refractivity contribution in [3.8, 4) is 0 Å². The van der Waals surface area contributed by atoms with E-state index in [0.29, 0.717) is 12.5 Å². The summed E-state index contributed by atoms with van der Waals surface area (Å²) in [7, 11) is 0. The predicted octanol–water partition coefficient (Wildman–Crippen LogP) is -0.0493. The molecule has 0 fully saturated rings. The molecule has 2 atom stereocenters.